The molecule has 0 fully saturated rings. The molecule has 0 aliphatic carbocycles. The number of halogens is 2. The van der Waals surface area contributed by atoms with Crippen LogP contribution in [0.15, 0.2) is 22.7 Å². The van der Waals surface area contributed by atoms with Gasteiger partial charge in [0.2, 0.25) is 0 Å². The normalized spacial score (nSPS) is 12.4. The van der Waals surface area contributed by atoms with Crippen LogP contribution in [0, 0.1) is 0 Å². The predicted octanol–water partition coefficient (Wildman–Crippen LogP) is 7.42. The first-order valence-electron chi connectivity index (χ1n) is 8.25. The van der Waals surface area contributed by atoms with Crippen LogP contribution in [0.25, 0.3) is 0 Å². The fourth-order valence-corrected chi connectivity index (χ4v) is 3.55. The van der Waals surface area contributed by atoms with Crippen molar-refractivity contribution in [2.24, 2.45) is 0 Å². The van der Waals surface area contributed by atoms with Gasteiger partial charge in [-0.05, 0) is 47.0 Å². The summed E-state index contributed by atoms with van der Waals surface area (Å²) in [5.41, 5.74) is 1.33. The van der Waals surface area contributed by atoms with E-state index in [2.05, 4.69) is 57.0 Å². The molecule has 0 heterocycles. The summed E-state index contributed by atoms with van der Waals surface area (Å²) in [6, 6.07) is 6.39. The van der Waals surface area contributed by atoms with Gasteiger partial charge >= 0.3 is 0 Å². The first-order valence-corrected chi connectivity index (χ1v) is 9.96. The molecule has 0 aliphatic heterocycles. The SMILES string of the molecule is CCCCCCCCCC(Br)c1ccc(OCC)c(Br)c1. The molecule has 0 radical (unpaired) electrons. The Morgan fingerprint density at radius 2 is 1.67 bits per heavy atom. The number of unbranched alkanes of at least 4 members (excludes halogenated alkanes) is 6. The third-order valence-electron chi connectivity index (χ3n) is 3.68. The largest absolute Gasteiger partial charge is 0.493 e. The van der Waals surface area contributed by atoms with E-state index in [9.17, 15) is 0 Å². The third kappa shape index (κ3) is 7.69. The van der Waals surface area contributed by atoms with E-state index in [0.717, 1.165) is 10.2 Å². The van der Waals surface area contributed by atoms with Crippen LogP contribution in [0.2, 0.25) is 0 Å². The quantitative estimate of drug-likeness (QED) is 0.267. The Hall–Kier alpha value is -0.0200. The van der Waals surface area contributed by atoms with Crippen molar-refractivity contribution in [3.63, 3.8) is 0 Å². The fraction of sp³-hybridized carbons (Fsp3) is 0.667. The summed E-state index contributed by atoms with van der Waals surface area (Å²) in [6.07, 6.45) is 10.8. The summed E-state index contributed by atoms with van der Waals surface area (Å²) in [6.45, 7) is 4.98. The number of hydrogen-bond acceptors (Lipinski definition) is 1. The van der Waals surface area contributed by atoms with E-state index in [-0.39, 0.29) is 0 Å². The molecule has 0 saturated heterocycles. The average Bonchev–Trinajstić information content (AvgIpc) is 2.48. The van der Waals surface area contributed by atoms with Crippen molar-refractivity contribution in [1.29, 1.82) is 0 Å². The molecule has 0 saturated carbocycles. The second kappa shape index (κ2) is 11.5. The van der Waals surface area contributed by atoms with Gasteiger partial charge in [-0.25, -0.2) is 0 Å². The zero-order valence-corrected chi connectivity index (χ0v) is 16.5. The van der Waals surface area contributed by atoms with Crippen molar-refractivity contribution in [2.45, 2.75) is 70.0 Å². The molecular formula is C18H28Br2O. The van der Waals surface area contributed by atoms with E-state index in [1.807, 2.05) is 6.92 Å². The molecule has 3 heteroatoms. The van der Waals surface area contributed by atoms with Gasteiger partial charge in [0.1, 0.15) is 5.75 Å². The molecule has 0 aromatic heterocycles. The van der Waals surface area contributed by atoms with E-state index in [1.165, 1.54) is 56.9 Å². The topological polar surface area (TPSA) is 9.23 Å². The van der Waals surface area contributed by atoms with Crippen molar-refractivity contribution in [3.05, 3.63) is 28.2 Å². The molecule has 1 rings (SSSR count). The molecule has 0 aliphatic rings. The van der Waals surface area contributed by atoms with Crippen LogP contribution in [0.4, 0.5) is 0 Å². The lowest BCUT2D eigenvalue weighted by Gasteiger charge is -2.13. The molecule has 1 unspecified atom stereocenters. The summed E-state index contributed by atoms with van der Waals surface area (Å²) in [7, 11) is 0. The van der Waals surface area contributed by atoms with Crippen LogP contribution in [0.5, 0.6) is 5.75 Å². The van der Waals surface area contributed by atoms with Crippen LogP contribution in [-0.2, 0) is 0 Å². The Morgan fingerprint density at radius 3 is 2.29 bits per heavy atom. The molecule has 1 aromatic rings. The number of rotatable bonds is 11. The molecule has 0 bridgehead atoms. The predicted molar refractivity (Wildman–Crippen MR) is 99.6 cm³/mol. The Morgan fingerprint density at radius 1 is 1.00 bits per heavy atom. The number of alkyl halides is 1. The van der Waals surface area contributed by atoms with E-state index < -0.39 is 0 Å². The highest BCUT2D eigenvalue weighted by atomic mass is 79.9. The van der Waals surface area contributed by atoms with Gasteiger partial charge in [-0.3, -0.25) is 0 Å². The Labute approximate surface area is 147 Å². The fourth-order valence-electron chi connectivity index (χ4n) is 2.43. The van der Waals surface area contributed by atoms with E-state index in [1.54, 1.807) is 0 Å². The first-order chi connectivity index (χ1) is 10.2. The lowest BCUT2D eigenvalue weighted by molar-refractivity contribution is 0.338. The molecule has 0 spiro atoms. The molecule has 1 aromatic carbocycles. The Bertz CT molecular complexity index is 393. The number of benzene rings is 1. The van der Waals surface area contributed by atoms with Gasteiger partial charge in [-0.15, -0.1) is 0 Å². The van der Waals surface area contributed by atoms with Crippen molar-refractivity contribution in [2.75, 3.05) is 6.61 Å². The molecular weight excluding hydrogens is 392 g/mol. The van der Waals surface area contributed by atoms with E-state index >= 15 is 0 Å². The highest BCUT2D eigenvalue weighted by molar-refractivity contribution is 9.10. The summed E-state index contributed by atoms with van der Waals surface area (Å²) in [5.74, 6) is 0.928. The lowest BCUT2D eigenvalue weighted by Crippen LogP contribution is -1.95. The van der Waals surface area contributed by atoms with Gasteiger partial charge in [0.25, 0.3) is 0 Å². The third-order valence-corrected chi connectivity index (χ3v) is 5.28. The Kier molecular flexibility index (Phi) is 10.5. The zero-order chi connectivity index (χ0) is 15.5. The Balaban J connectivity index is 2.28. The van der Waals surface area contributed by atoms with Gasteiger partial charge in [0.15, 0.2) is 0 Å². The molecule has 0 N–H and O–H groups in total. The molecule has 1 nitrogen and oxygen atoms in total. The van der Waals surface area contributed by atoms with Crippen molar-refractivity contribution in [3.8, 4) is 5.75 Å². The number of ether oxygens (including phenoxy) is 1. The first kappa shape index (κ1) is 19.0. The molecule has 1 atom stereocenters. The minimum absolute atomic E-state index is 0.445. The highest BCUT2D eigenvalue weighted by Crippen LogP contribution is 2.34. The summed E-state index contributed by atoms with van der Waals surface area (Å²) in [4.78, 5) is 0.445. The van der Waals surface area contributed by atoms with Crippen molar-refractivity contribution >= 4 is 31.9 Å². The van der Waals surface area contributed by atoms with Crippen LogP contribution in [0.1, 0.15) is 75.6 Å². The van der Waals surface area contributed by atoms with Crippen LogP contribution in [0.3, 0.4) is 0 Å². The maximum Gasteiger partial charge on any atom is 0.133 e. The second-order valence-corrected chi connectivity index (χ2v) is 7.46. The molecule has 21 heavy (non-hydrogen) atoms. The second-order valence-electron chi connectivity index (χ2n) is 5.50. The highest BCUT2D eigenvalue weighted by Gasteiger charge is 2.10. The monoisotopic (exact) mass is 418 g/mol. The minimum Gasteiger partial charge on any atom is -0.493 e. The number of hydrogen-bond donors (Lipinski definition) is 0. The lowest BCUT2D eigenvalue weighted by atomic mass is 10.0. The van der Waals surface area contributed by atoms with Gasteiger partial charge < -0.3 is 4.74 Å². The standard InChI is InChI=1S/C18H28Br2O/c1-3-5-6-7-8-9-10-11-16(19)15-12-13-18(21-4-2)17(20)14-15/h12-14,16H,3-11H2,1-2H3. The van der Waals surface area contributed by atoms with Crippen LogP contribution >= 0.6 is 31.9 Å². The van der Waals surface area contributed by atoms with E-state index in [4.69, 9.17) is 4.74 Å². The average molecular weight is 420 g/mol. The van der Waals surface area contributed by atoms with Crippen LogP contribution < -0.4 is 4.74 Å². The van der Waals surface area contributed by atoms with Gasteiger partial charge in [-0.2, -0.15) is 0 Å². The molecule has 0 amide bonds. The summed E-state index contributed by atoms with van der Waals surface area (Å²) < 4.78 is 6.60. The maximum atomic E-state index is 5.55. The van der Waals surface area contributed by atoms with Gasteiger partial charge in [0, 0.05) is 4.83 Å². The van der Waals surface area contributed by atoms with Gasteiger partial charge in [-0.1, -0.05) is 73.9 Å². The smallest absolute Gasteiger partial charge is 0.133 e. The maximum absolute atomic E-state index is 5.55. The van der Waals surface area contributed by atoms with Crippen LogP contribution in [-0.4, -0.2) is 6.61 Å². The van der Waals surface area contributed by atoms with Gasteiger partial charge in [0.05, 0.1) is 11.1 Å². The zero-order valence-electron chi connectivity index (χ0n) is 13.3. The van der Waals surface area contributed by atoms with Crippen molar-refractivity contribution in [1.82, 2.24) is 0 Å². The van der Waals surface area contributed by atoms with Crippen molar-refractivity contribution < 1.29 is 4.74 Å². The summed E-state index contributed by atoms with van der Waals surface area (Å²) in [5, 5.41) is 0. The summed E-state index contributed by atoms with van der Waals surface area (Å²) >= 11 is 7.40. The molecule has 120 valence electrons. The van der Waals surface area contributed by atoms with E-state index in [0.29, 0.717) is 11.4 Å². The minimum atomic E-state index is 0.445.